The molecular formula is C19H22ClFN3O+. The monoisotopic (exact) mass is 362 g/mol. The zero-order valence-corrected chi connectivity index (χ0v) is 14.9. The molecule has 0 aromatic heterocycles. The van der Waals surface area contributed by atoms with Crippen molar-refractivity contribution >= 4 is 28.9 Å². The lowest BCUT2D eigenvalue weighted by Gasteiger charge is -2.33. The Morgan fingerprint density at radius 2 is 1.88 bits per heavy atom. The third-order valence-electron chi connectivity index (χ3n) is 4.55. The van der Waals surface area contributed by atoms with Crippen molar-refractivity contribution in [3.63, 3.8) is 0 Å². The molecular weight excluding hydrogens is 341 g/mol. The number of benzene rings is 2. The number of carbonyl (C=O) groups is 1. The van der Waals surface area contributed by atoms with E-state index in [4.69, 9.17) is 11.6 Å². The standard InChI is InChI=1S/C19H21ClFN3O/c1-14-2-3-15(20)12-18(14)22-19(25)13-23-8-10-24(11-9-23)17-6-4-16(21)5-7-17/h2-7,12H,8-11,13H2,1H3,(H,22,25)/p+1. The Labute approximate surface area is 152 Å². The molecule has 4 nitrogen and oxygen atoms in total. The summed E-state index contributed by atoms with van der Waals surface area (Å²) in [5.41, 5.74) is 2.79. The van der Waals surface area contributed by atoms with Crippen LogP contribution in [0.4, 0.5) is 15.8 Å². The fourth-order valence-corrected chi connectivity index (χ4v) is 3.23. The Morgan fingerprint density at radius 3 is 2.56 bits per heavy atom. The Hall–Kier alpha value is -2.11. The largest absolute Gasteiger partial charge is 0.360 e. The van der Waals surface area contributed by atoms with E-state index >= 15 is 0 Å². The van der Waals surface area contributed by atoms with Crippen molar-refractivity contribution in [3.8, 4) is 0 Å². The lowest BCUT2D eigenvalue weighted by Crippen LogP contribution is -3.15. The van der Waals surface area contributed by atoms with Crippen molar-refractivity contribution in [1.82, 2.24) is 0 Å². The first-order chi connectivity index (χ1) is 12.0. The molecule has 1 aliphatic rings. The summed E-state index contributed by atoms with van der Waals surface area (Å²) in [6.07, 6.45) is 0. The molecule has 0 aliphatic carbocycles. The van der Waals surface area contributed by atoms with Crippen LogP contribution in [0.25, 0.3) is 0 Å². The zero-order chi connectivity index (χ0) is 17.8. The van der Waals surface area contributed by atoms with E-state index in [-0.39, 0.29) is 11.7 Å². The van der Waals surface area contributed by atoms with E-state index in [0.29, 0.717) is 11.6 Å². The highest BCUT2D eigenvalue weighted by Crippen LogP contribution is 2.20. The number of amides is 1. The maximum absolute atomic E-state index is 13.0. The first-order valence-electron chi connectivity index (χ1n) is 8.41. The molecule has 0 spiro atoms. The van der Waals surface area contributed by atoms with Crippen molar-refractivity contribution in [2.45, 2.75) is 6.92 Å². The highest BCUT2D eigenvalue weighted by Gasteiger charge is 2.22. The van der Waals surface area contributed by atoms with Crippen LogP contribution in [0, 0.1) is 12.7 Å². The highest BCUT2D eigenvalue weighted by atomic mass is 35.5. The first kappa shape index (κ1) is 17.7. The van der Waals surface area contributed by atoms with E-state index in [2.05, 4.69) is 10.2 Å². The first-order valence-corrected chi connectivity index (χ1v) is 8.79. The van der Waals surface area contributed by atoms with Crippen molar-refractivity contribution in [2.24, 2.45) is 0 Å². The second-order valence-electron chi connectivity index (χ2n) is 6.40. The van der Waals surface area contributed by atoms with Gasteiger partial charge in [0.05, 0.1) is 26.2 Å². The van der Waals surface area contributed by atoms with E-state index in [1.165, 1.54) is 17.0 Å². The van der Waals surface area contributed by atoms with Gasteiger partial charge in [0.2, 0.25) is 0 Å². The number of carbonyl (C=O) groups excluding carboxylic acids is 1. The summed E-state index contributed by atoms with van der Waals surface area (Å²) in [5, 5.41) is 3.56. The highest BCUT2D eigenvalue weighted by molar-refractivity contribution is 6.31. The molecule has 3 rings (SSSR count). The number of quaternary nitrogens is 1. The minimum Gasteiger partial charge on any atom is -0.360 e. The van der Waals surface area contributed by atoms with Gasteiger partial charge in [-0.15, -0.1) is 0 Å². The Bertz CT molecular complexity index is 743. The predicted molar refractivity (Wildman–Crippen MR) is 99.0 cm³/mol. The van der Waals surface area contributed by atoms with Crippen LogP contribution in [-0.2, 0) is 4.79 Å². The Kier molecular flexibility index (Phi) is 5.56. The molecule has 2 aromatic carbocycles. The summed E-state index contributed by atoms with van der Waals surface area (Å²) < 4.78 is 13.0. The maximum atomic E-state index is 13.0. The fourth-order valence-electron chi connectivity index (χ4n) is 3.06. The van der Waals surface area contributed by atoms with Crippen LogP contribution in [0.15, 0.2) is 42.5 Å². The number of halogens is 2. The van der Waals surface area contributed by atoms with Crippen molar-refractivity contribution in [3.05, 3.63) is 58.9 Å². The van der Waals surface area contributed by atoms with Gasteiger partial charge in [-0.05, 0) is 48.9 Å². The Balaban J connectivity index is 1.51. The number of hydrogen-bond donors (Lipinski definition) is 2. The number of nitrogens with zero attached hydrogens (tertiary/aromatic N) is 1. The average Bonchev–Trinajstić information content (AvgIpc) is 2.59. The third-order valence-corrected chi connectivity index (χ3v) is 4.78. The zero-order valence-electron chi connectivity index (χ0n) is 14.2. The predicted octanol–water partition coefficient (Wildman–Crippen LogP) is 2.13. The van der Waals surface area contributed by atoms with Gasteiger partial charge in [-0.1, -0.05) is 17.7 Å². The normalized spacial score (nSPS) is 15.2. The summed E-state index contributed by atoms with van der Waals surface area (Å²) in [6.45, 7) is 5.83. The minimum absolute atomic E-state index is 0.00408. The maximum Gasteiger partial charge on any atom is 0.279 e. The second kappa shape index (κ2) is 7.85. The summed E-state index contributed by atoms with van der Waals surface area (Å²) in [4.78, 5) is 15.8. The van der Waals surface area contributed by atoms with Crippen LogP contribution in [-0.4, -0.2) is 38.6 Å². The molecule has 0 bridgehead atoms. The lowest BCUT2D eigenvalue weighted by atomic mass is 10.2. The molecule has 6 heteroatoms. The third kappa shape index (κ3) is 4.71. The van der Waals surface area contributed by atoms with E-state index in [1.807, 2.05) is 19.1 Å². The van der Waals surface area contributed by atoms with Gasteiger partial charge in [-0.3, -0.25) is 4.79 Å². The van der Waals surface area contributed by atoms with Crippen molar-refractivity contribution in [1.29, 1.82) is 0 Å². The minimum atomic E-state index is -0.221. The van der Waals surface area contributed by atoms with E-state index < -0.39 is 0 Å². The summed E-state index contributed by atoms with van der Waals surface area (Å²) in [7, 11) is 0. The fraction of sp³-hybridized carbons (Fsp3) is 0.316. The summed E-state index contributed by atoms with van der Waals surface area (Å²) >= 11 is 5.99. The van der Waals surface area contributed by atoms with E-state index in [9.17, 15) is 9.18 Å². The van der Waals surface area contributed by atoms with E-state index in [0.717, 1.165) is 43.1 Å². The summed E-state index contributed by atoms with van der Waals surface area (Å²) in [5.74, 6) is -0.225. The topological polar surface area (TPSA) is 36.8 Å². The second-order valence-corrected chi connectivity index (χ2v) is 6.83. The number of nitrogens with one attached hydrogen (secondary N) is 2. The molecule has 1 fully saturated rings. The molecule has 0 unspecified atom stereocenters. The van der Waals surface area contributed by atoms with Gasteiger partial charge in [0.15, 0.2) is 6.54 Å². The molecule has 132 valence electrons. The number of piperazine rings is 1. The van der Waals surface area contributed by atoms with Crippen LogP contribution in [0.3, 0.4) is 0 Å². The molecule has 1 amide bonds. The number of hydrogen-bond acceptors (Lipinski definition) is 2. The van der Waals surface area contributed by atoms with Gasteiger partial charge in [0.25, 0.3) is 5.91 Å². The van der Waals surface area contributed by atoms with Gasteiger partial charge in [0, 0.05) is 16.4 Å². The van der Waals surface area contributed by atoms with Gasteiger partial charge < -0.3 is 15.1 Å². The average molecular weight is 363 g/mol. The molecule has 1 aliphatic heterocycles. The number of anilines is 2. The number of rotatable bonds is 4. The molecule has 1 saturated heterocycles. The van der Waals surface area contributed by atoms with E-state index in [1.54, 1.807) is 18.2 Å². The van der Waals surface area contributed by atoms with Crippen molar-refractivity contribution in [2.75, 3.05) is 42.9 Å². The molecule has 0 saturated carbocycles. The quantitative estimate of drug-likeness (QED) is 0.874. The van der Waals surface area contributed by atoms with Crippen LogP contribution >= 0.6 is 11.6 Å². The van der Waals surface area contributed by atoms with Gasteiger partial charge in [0.1, 0.15) is 5.82 Å². The molecule has 25 heavy (non-hydrogen) atoms. The van der Waals surface area contributed by atoms with Gasteiger partial charge in [-0.25, -0.2) is 4.39 Å². The van der Waals surface area contributed by atoms with Crippen LogP contribution in [0.1, 0.15) is 5.56 Å². The molecule has 0 atom stereocenters. The van der Waals surface area contributed by atoms with Crippen LogP contribution in [0.2, 0.25) is 5.02 Å². The van der Waals surface area contributed by atoms with Crippen LogP contribution in [0.5, 0.6) is 0 Å². The number of aryl methyl sites for hydroxylation is 1. The SMILES string of the molecule is Cc1ccc(Cl)cc1NC(=O)C[NH+]1CCN(c2ccc(F)cc2)CC1. The molecule has 2 aromatic rings. The summed E-state index contributed by atoms with van der Waals surface area (Å²) in [6, 6.07) is 12.0. The van der Waals surface area contributed by atoms with Gasteiger partial charge in [-0.2, -0.15) is 0 Å². The lowest BCUT2D eigenvalue weighted by molar-refractivity contribution is -0.892. The van der Waals surface area contributed by atoms with Gasteiger partial charge >= 0.3 is 0 Å². The smallest absolute Gasteiger partial charge is 0.279 e. The van der Waals surface area contributed by atoms with Crippen molar-refractivity contribution < 1.29 is 14.1 Å². The molecule has 2 N–H and O–H groups in total. The Morgan fingerprint density at radius 1 is 1.20 bits per heavy atom. The molecule has 0 radical (unpaired) electrons. The van der Waals surface area contributed by atoms with Crippen LogP contribution < -0.4 is 15.1 Å². The molecule has 1 heterocycles.